The van der Waals surface area contributed by atoms with Gasteiger partial charge in [0.25, 0.3) is 0 Å². The van der Waals surface area contributed by atoms with E-state index in [9.17, 15) is 0 Å². The van der Waals surface area contributed by atoms with Crippen molar-refractivity contribution in [2.75, 3.05) is 0 Å². The summed E-state index contributed by atoms with van der Waals surface area (Å²) in [5.74, 6) is 0.865. The molecule has 0 saturated heterocycles. The molecule has 3 aromatic rings. The molecule has 0 radical (unpaired) electrons. The second-order valence-corrected chi connectivity index (χ2v) is 6.56. The molecule has 21 heavy (non-hydrogen) atoms. The summed E-state index contributed by atoms with van der Waals surface area (Å²) < 4.78 is 7.75. The standard InChI is InChI=1S/C15H11BrIN3O/c16-12-7-6-10(17)8-11(12)14-19-20-15(21-14)13(18)9-4-2-1-3-5-9/h1-8,13H,18H2. The topological polar surface area (TPSA) is 64.9 Å². The van der Waals surface area contributed by atoms with Crippen LogP contribution in [0.2, 0.25) is 0 Å². The van der Waals surface area contributed by atoms with E-state index in [2.05, 4.69) is 48.7 Å². The summed E-state index contributed by atoms with van der Waals surface area (Å²) >= 11 is 5.74. The molecule has 0 amide bonds. The first-order valence-corrected chi connectivity index (χ1v) is 8.11. The zero-order valence-electron chi connectivity index (χ0n) is 10.8. The summed E-state index contributed by atoms with van der Waals surface area (Å²) in [5.41, 5.74) is 7.97. The summed E-state index contributed by atoms with van der Waals surface area (Å²) in [7, 11) is 0. The molecule has 2 aromatic carbocycles. The Bertz CT molecular complexity index is 761. The van der Waals surface area contributed by atoms with Crippen LogP contribution >= 0.6 is 38.5 Å². The summed E-state index contributed by atoms with van der Waals surface area (Å²) in [6, 6.07) is 15.2. The number of hydrogen-bond acceptors (Lipinski definition) is 4. The number of nitrogens with two attached hydrogens (primary N) is 1. The van der Waals surface area contributed by atoms with Gasteiger partial charge in [0.1, 0.15) is 6.04 Å². The van der Waals surface area contributed by atoms with Gasteiger partial charge in [-0.15, -0.1) is 10.2 Å². The number of aromatic nitrogens is 2. The molecule has 0 aliphatic carbocycles. The first-order valence-electron chi connectivity index (χ1n) is 6.24. The highest BCUT2D eigenvalue weighted by molar-refractivity contribution is 14.1. The highest BCUT2D eigenvalue weighted by Gasteiger charge is 2.18. The van der Waals surface area contributed by atoms with Crippen molar-refractivity contribution >= 4 is 38.5 Å². The SMILES string of the molecule is NC(c1ccccc1)c1nnc(-c2cc(I)ccc2Br)o1. The molecule has 0 spiro atoms. The summed E-state index contributed by atoms with van der Waals surface area (Å²) in [4.78, 5) is 0. The van der Waals surface area contributed by atoms with Crippen LogP contribution in [-0.2, 0) is 0 Å². The molecule has 106 valence electrons. The van der Waals surface area contributed by atoms with E-state index in [4.69, 9.17) is 10.2 Å². The quantitative estimate of drug-likeness (QED) is 0.602. The lowest BCUT2D eigenvalue weighted by atomic mass is 10.1. The summed E-state index contributed by atoms with van der Waals surface area (Å²) in [6.07, 6.45) is 0. The van der Waals surface area contributed by atoms with Gasteiger partial charge in [0.15, 0.2) is 0 Å². The van der Waals surface area contributed by atoms with Crippen LogP contribution in [0.15, 0.2) is 57.4 Å². The van der Waals surface area contributed by atoms with E-state index < -0.39 is 6.04 Å². The predicted molar refractivity (Wildman–Crippen MR) is 92.6 cm³/mol. The number of hydrogen-bond donors (Lipinski definition) is 1. The second kappa shape index (κ2) is 6.25. The third kappa shape index (κ3) is 3.17. The average molecular weight is 456 g/mol. The van der Waals surface area contributed by atoms with E-state index in [1.54, 1.807) is 0 Å². The van der Waals surface area contributed by atoms with Gasteiger partial charge in [0.2, 0.25) is 11.8 Å². The Morgan fingerprint density at radius 1 is 1.10 bits per heavy atom. The van der Waals surface area contributed by atoms with Crippen molar-refractivity contribution in [3.8, 4) is 11.5 Å². The molecule has 1 unspecified atom stereocenters. The average Bonchev–Trinajstić information content (AvgIpc) is 2.99. The number of halogens is 2. The minimum Gasteiger partial charge on any atom is -0.419 e. The van der Waals surface area contributed by atoms with Crippen LogP contribution < -0.4 is 5.73 Å². The van der Waals surface area contributed by atoms with Crippen molar-refractivity contribution in [3.05, 3.63) is 68.0 Å². The Labute approximate surface area is 144 Å². The van der Waals surface area contributed by atoms with Gasteiger partial charge in [-0.3, -0.25) is 0 Å². The smallest absolute Gasteiger partial charge is 0.249 e. The Hall–Kier alpha value is -1.25. The normalized spacial score (nSPS) is 12.3. The monoisotopic (exact) mass is 455 g/mol. The molecule has 4 nitrogen and oxygen atoms in total. The maximum Gasteiger partial charge on any atom is 0.249 e. The number of benzene rings is 2. The van der Waals surface area contributed by atoms with Crippen LogP contribution in [0.3, 0.4) is 0 Å². The minimum absolute atomic E-state index is 0.405. The maximum absolute atomic E-state index is 6.17. The van der Waals surface area contributed by atoms with Crippen LogP contribution in [0.4, 0.5) is 0 Å². The van der Waals surface area contributed by atoms with Crippen LogP contribution in [0, 0.1) is 3.57 Å². The highest BCUT2D eigenvalue weighted by Crippen LogP contribution is 2.30. The van der Waals surface area contributed by atoms with E-state index in [1.165, 1.54) is 0 Å². The highest BCUT2D eigenvalue weighted by atomic mass is 127. The molecule has 0 aliphatic rings. The molecule has 1 atom stereocenters. The van der Waals surface area contributed by atoms with Crippen LogP contribution in [0.25, 0.3) is 11.5 Å². The Morgan fingerprint density at radius 3 is 2.62 bits per heavy atom. The fraction of sp³-hybridized carbons (Fsp3) is 0.0667. The molecule has 0 aliphatic heterocycles. The fourth-order valence-electron chi connectivity index (χ4n) is 1.93. The molecule has 3 rings (SSSR count). The zero-order valence-corrected chi connectivity index (χ0v) is 14.6. The van der Waals surface area contributed by atoms with Gasteiger partial charge in [0, 0.05) is 8.04 Å². The predicted octanol–water partition coefficient (Wildman–Crippen LogP) is 4.15. The molecule has 0 bridgehead atoms. The van der Waals surface area contributed by atoms with Crippen LogP contribution in [0.5, 0.6) is 0 Å². The molecule has 0 fully saturated rings. The van der Waals surface area contributed by atoms with Crippen LogP contribution in [0.1, 0.15) is 17.5 Å². The van der Waals surface area contributed by atoms with Gasteiger partial charge in [-0.25, -0.2) is 0 Å². The largest absolute Gasteiger partial charge is 0.419 e. The summed E-state index contributed by atoms with van der Waals surface area (Å²) in [5, 5.41) is 8.18. The van der Waals surface area contributed by atoms with Gasteiger partial charge in [-0.1, -0.05) is 30.3 Å². The third-order valence-electron chi connectivity index (χ3n) is 3.02. The van der Waals surface area contributed by atoms with Crippen molar-refractivity contribution in [2.45, 2.75) is 6.04 Å². The molecule has 2 N–H and O–H groups in total. The lowest BCUT2D eigenvalue weighted by molar-refractivity contribution is 0.484. The van der Waals surface area contributed by atoms with Crippen molar-refractivity contribution in [1.29, 1.82) is 0 Å². The van der Waals surface area contributed by atoms with Gasteiger partial charge < -0.3 is 10.2 Å². The second-order valence-electron chi connectivity index (χ2n) is 4.46. The Balaban J connectivity index is 1.95. The number of nitrogens with zero attached hydrogens (tertiary/aromatic N) is 2. The fourth-order valence-corrected chi connectivity index (χ4v) is 2.84. The van der Waals surface area contributed by atoms with Gasteiger partial charge >= 0.3 is 0 Å². The van der Waals surface area contributed by atoms with Gasteiger partial charge in [0.05, 0.1) is 5.56 Å². The van der Waals surface area contributed by atoms with Gasteiger partial charge in [-0.2, -0.15) is 0 Å². The summed E-state index contributed by atoms with van der Waals surface area (Å²) in [6.45, 7) is 0. The van der Waals surface area contributed by atoms with Crippen molar-refractivity contribution in [3.63, 3.8) is 0 Å². The number of rotatable bonds is 3. The lowest BCUT2D eigenvalue weighted by Crippen LogP contribution is -2.11. The first kappa shape index (κ1) is 14.7. The molecule has 1 aromatic heterocycles. The van der Waals surface area contributed by atoms with Crippen molar-refractivity contribution in [2.24, 2.45) is 5.73 Å². The minimum atomic E-state index is -0.422. The zero-order chi connectivity index (χ0) is 14.8. The third-order valence-corrected chi connectivity index (χ3v) is 4.39. The van der Waals surface area contributed by atoms with E-state index in [1.807, 2.05) is 48.5 Å². The van der Waals surface area contributed by atoms with Gasteiger partial charge in [-0.05, 0) is 62.3 Å². The molecular formula is C15H11BrIN3O. The maximum atomic E-state index is 6.17. The van der Waals surface area contributed by atoms with E-state index in [-0.39, 0.29) is 0 Å². The molecule has 0 saturated carbocycles. The molecule has 6 heteroatoms. The van der Waals surface area contributed by atoms with E-state index in [0.29, 0.717) is 11.8 Å². The first-order chi connectivity index (χ1) is 10.1. The van der Waals surface area contributed by atoms with E-state index in [0.717, 1.165) is 19.2 Å². The van der Waals surface area contributed by atoms with Crippen LogP contribution in [-0.4, -0.2) is 10.2 Å². The van der Waals surface area contributed by atoms with Crippen molar-refractivity contribution in [1.82, 2.24) is 10.2 Å². The molecular weight excluding hydrogens is 445 g/mol. The Morgan fingerprint density at radius 2 is 1.86 bits per heavy atom. The Kier molecular flexibility index (Phi) is 4.37. The van der Waals surface area contributed by atoms with E-state index >= 15 is 0 Å². The lowest BCUT2D eigenvalue weighted by Gasteiger charge is -2.06. The molecule has 1 heterocycles. The van der Waals surface area contributed by atoms with Crippen molar-refractivity contribution < 1.29 is 4.42 Å².